The molecule has 0 aliphatic carbocycles. The Morgan fingerprint density at radius 3 is 3.07 bits per heavy atom. The van der Waals surface area contributed by atoms with E-state index in [9.17, 15) is 0 Å². The van der Waals surface area contributed by atoms with Crippen molar-refractivity contribution in [3.05, 3.63) is 42.9 Å². The van der Waals surface area contributed by atoms with Crippen molar-refractivity contribution in [3.63, 3.8) is 0 Å². The molecule has 3 rings (SSSR count). The first-order valence-electron chi connectivity index (χ1n) is 4.20. The predicted octanol–water partition coefficient (Wildman–Crippen LogP) is 1.79. The van der Waals surface area contributed by atoms with Crippen LogP contribution in [-0.4, -0.2) is 14.6 Å². The van der Waals surface area contributed by atoms with E-state index in [4.69, 9.17) is 4.42 Å². The van der Waals surface area contributed by atoms with Crippen molar-refractivity contribution < 1.29 is 35.5 Å². The number of furan rings is 1. The van der Waals surface area contributed by atoms with Gasteiger partial charge < -0.3 is 13.9 Å². The molecule has 5 heteroatoms. The molecule has 0 aliphatic rings. The summed E-state index contributed by atoms with van der Waals surface area (Å²) in [5.74, 6) is 0.741. The number of nitrogens with zero attached hydrogens (tertiary/aromatic N) is 3. The van der Waals surface area contributed by atoms with Gasteiger partial charge in [-0.25, -0.2) is 5.10 Å². The molecule has 15 heavy (non-hydrogen) atoms. The Morgan fingerprint density at radius 2 is 2.27 bits per heavy atom. The van der Waals surface area contributed by atoms with Gasteiger partial charge >= 0.3 is 0 Å². The second-order valence-electron chi connectivity index (χ2n) is 2.85. The molecule has 0 N–H and O–H groups in total. The zero-order chi connectivity index (χ0) is 9.38. The number of fused-ring (bicyclic) bond motifs is 1. The molecule has 0 amide bonds. The predicted molar refractivity (Wildman–Crippen MR) is 49.5 cm³/mol. The van der Waals surface area contributed by atoms with Crippen LogP contribution in [0.2, 0.25) is 0 Å². The number of rotatable bonds is 1. The van der Waals surface area contributed by atoms with Gasteiger partial charge in [0.2, 0.25) is 0 Å². The van der Waals surface area contributed by atoms with Crippen LogP contribution in [0.1, 0.15) is 0 Å². The van der Waals surface area contributed by atoms with Crippen molar-refractivity contribution >= 4 is 5.65 Å². The summed E-state index contributed by atoms with van der Waals surface area (Å²) in [6.07, 6.45) is 6.28. The van der Waals surface area contributed by atoms with Crippen molar-refractivity contribution in [2.24, 2.45) is 0 Å². The fourth-order valence-electron chi connectivity index (χ4n) is 1.31. The van der Waals surface area contributed by atoms with Crippen molar-refractivity contribution in [2.45, 2.75) is 0 Å². The van der Waals surface area contributed by atoms with Gasteiger partial charge in [0.1, 0.15) is 0 Å². The summed E-state index contributed by atoms with van der Waals surface area (Å²) in [4.78, 5) is 4.35. The maximum absolute atomic E-state index is 5.23. The maximum atomic E-state index is 5.23. The van der Waals surface area contributed by atoms with Gasteiger partial charge in [-0.15, -0.1) is 6.07 Å². The molecule has 4 nitrogen and oxygen atoms in total. The van der Waals surface area contributed by atoms with Crippen LogP contribution in [-0.2, 0) is 0 Å². The van der Waals surface area contributed by atoms with E-state index in [0.717, 1.165) is 17.1 Å². The molecular formula is C10H6N3OU-. The third-order valence-electron chi connectivity index (χ3n) is 1.95. The molecule has 3 aromatic rings. The van der Waals surface area contributed by atoms with Crippen LogP contribution in [0.5, 0.6) is 0 Å². The molecule has 0 spiro atoms. The summed E-state index contributed by atoms with van der Waals surface area (Å²) < 4.78 is 6.82. The van der Waals surface area contributed by atoms with Crippen molar-refractivity contribution in [1.82, 2.24) is 14.6 Å². The minimum atomic E-state index is 0. The van der Waals surface area contributed by atoms with Gasteiger partial charge in [-0.3, -0.25) is 0 Å². The Morgan fingerprint density at radius 1 is 1.33 bits per heavy atom. The summed E-state index contributed by atoms with van der Waals surface area (Å²) in [6, 6.07) is 7.27. The Kier molecular flexibility index (Phi) is 2.94. The van der Waals surface area contributed by atoms with Gasteiger partial charge in [-0.1, -0.05) is 12.3 Å². The molecule has 0 bridgehead atoms. The van der Waals surface area contributed by atoms with Crippen molar-refractivity contribution in [3.8, 4) is 11.5 Å². The fourth-order valence-corrected chi connectivity index (χ4v) is 1.31. The van der Waals surface area contributed by atoms with E-state index in [1.807, 2.05) is 18.2 Å². The van der Waals surface area contributed by atoms with Crippen LogP contribution in [0.4, 0.5) is 0 Å². The largest absolute Gasteiger partial charge is 0.476 e. The van der Waals surface area contributed by atoms with Crippen LogP contribution in [0.15, 0.2) is 41.1 Å². The van der Waals surface area contributed by atoms with Crippen LogP contribution >= 0.6 is 0 Å². The van der Waals surface area contributed by atoms with E-state index in [-0.39, 0.29) is 31.1 Å². The molecule has 3 aromatic heterocycles. The summed E-state index contributed by atoms with van der Waals surface area (Å²) in [5.41, 5.74) is 1.53. The Hall–Kier alpha value is -1.05. The molecule has 0 aliphatic heterocycles. The van der Waals surface area contributed by atoms with E-state index >= 15 is 0 Å². The van der Waals surface area contributed by atoms with Crippen LogP contribution in [0.3, 0.4) is 0 Å². The van der Waals surface area contributed by atoms with Gasteiger partial charge in [0, 0.05) is 43.0 Å². The number of hydrogen-bond donors (Lipinski definition) is 0. The molecule has 3 heterocycles. The Bertz CT molecular complexity index is 559. The molecule has 0 unspecified atom stereocenters. The van der Waals surface area contributed by atoms with Gasteiger partial charge in [-0.2, -0.15) is 0 Å². The average molecular weight is 422 g/mol. The number of hydrogen-bond acceptors (Lipinski definition) is 3. The zero-order valence-electron chi connectivity index (χ0n) is 7.71. The van der Waals surface area contributed by atoms with E-state index in [2.05, 4.69) is 16.3 Å². The van der Waals surface area contributed by atoms with Crippen LogP contribution < -0.4 is 0 Å². The van der Waals surface area contributed by atoms with E-state index < -0.39 is 0 Å². The minimum absolute atomic E-state index is 0. The zero-order valence-corrected chi connectivity index (χ0v) is 11.9. The van der Waals surface area contributed by atoms with Gasteiger partial charge in [0.15, 0.2) is 0 Å². The van der Waals surface area contributed by atoms with E-state index in [1.54, 1.807) is 23.0 Å². The monoisotopic (exact) mass is 422 g/mol. The molecule has 0 atom stereocenters. The quantitative estimate of drug-likeness (QED) is 0.562. The van der Waals surface area contributed by atoms with Gasteiger partial charge in [0.25, 0.3) is 0 Å². The molecule has 72 valence electrons. The Labute approximate surface area is 110 Å². The second-order valence-corrected chi connectivity index (χ2v) is 2.85. The first-order chi connectivity index (χ1) is 6.93. The summed E-state index contributed by atoms with van der Waals surface area (Å²) in [7, 11) is 0. The van der Waals surface area contributed by atoms with Gasteiger partial charge in [0.05, 0.1) is 12.0 Å². The third kappa shape index (κ3) is 1.85. The molecule has 0 fully saturated rings. The molecule has 0 radical (unpaired) electrons. The third-order valence-corrected chi connectivity index (χ3v) is 1.95. The molecule has 0 saturated heterocycles. The maximum Gasteiger partial charge on any atom is 0.0966 e. The molecular weight excluding hydrogens is 416 g/mol. The second kappa shape index (κ2) is 4.21. The summed E-state index contributed by atoms with van der Waals surface area (Å²) >= 11 is 0. The standard InChI is InChI=1S/C10H6N3O.U/c1-2-9(14-7-1)8-4-6-13-10(12-8)3-5-11-13;/h1-5,7H;/q-1;. The fraction of sp³-hybridized carbons (Fsp3) is 0. The van der Waals surface area contributed by atoms with Crippen LogP contribution in [0.25, 0.3) is 17.1 Å². The van der Waals surface area contributed by atoms with Crippen LogP contribution in [0, 0.1) is 37.3 Å². The van der Waals surface area contributed by atoms with E-state index in [1.165, 1.54) is 0 Å². The minimum Gasteiger partial charge on any atom is -0.476 e. The van der Waals surface area contributed by atoms with Crippen molar-refractivity contribution in [2.75, 3.05) is 0 Å². The average Bonchev–Trinajstić information content (AvgIpc) is 2.88. The van der Waals surface area contributed by atoms with E-state index in [0.29, 0.717) is 0 Å². The van der Waals surface area contributed by atoms with Crippen molar-refractivity contribution in [1.29, 1.82) is 0 Å². The smallest absolute Gasteiger partial charge is 0.0966 e. The topological polar surface area (TPSA) is 43.3 Å². The summed E-state index contributed by atoms with van der Waals surface area (Å²) in [6.45, 7) is 0. The Balaban J connectivity index is 0.000000853. The summed E-state index contributed by atoms with van der Waals surface area (Å²) in [5, 5.41) is 4.01. The normalized spacial score (nSPS) is 10.1. The SMILES string of the molecule is [U].[c-]1cc(-c2ccco2)nc2ccnn12. The van der Waals surface area contributed by atoms with Gasteiger partial charge in [-0.05, 0) is 17.8 Å². The molecule has 0 aromatic carbocycles. The molecule has 0 saturated carbocycles. The first kappa shape index (κ1) is 10.5. The number of aromatic nitrogens is 3. The first-order valence-corrected chi connectivity index (χ1v) is 4.20.